The fourth-order valence-electron chi connectivity index (χ4n) is 9.68. The standard InChI is InChI=1S/C60H39NO/c1-4-19-41(20-5-1)57-51-30-13-12-28-48(51)49-36-35-44(39-54(49)58(57)42-21-6-2-7-22-42)43-23-16-26-46(38-43)61(45-24-8-3-9-25-45)55-32-15-14-29-50(55)52-31-17-33-56-59(52)53-37-34-40-18-10-11-27-47(40)60(53)62-56/h1-39H. The highest BCUT2D eigenvalue weighted by Gasteiger charge is 2.22. The molecule has 0 saturated carbocycles. The topological polar surface area (TPSA) is 16.4 Å². The second-order valence-electron chi connectivity index (χ2n) is 16.0. The minimum atomic E-state index is 0.881. The third kappa shape index (κ3) is 5.88. The van der Waals surface area contributed by atoms with Gasteiger partial charge in [0.2, 0.25) is 0 Å². The number of hydrogen-bond donors (Lipinski definition) is 0. The molecule has 0 atom stereocenters. The van der Waals surface area contributed by atoms with Gasteiger partial charge in [-0.1, -0.05) is 188 Å². The zero-order chi connectivity index (χ0) is 41.0. The van der Waals surface area contributed by atoms with Crippen LogP contribution in [0.1, 0.15) is 0 Å². The van der Waals surface area contributed by atoms with E-state index >= 15 is 0 Å². The highest BCUT2D eigenvalue weighted by molar-refractivity contribution is 6.23. The normalized spacial score (nSPS) is 11.5. The van der Waals surface area contributed by atoms with Crippen molar-refractivity contribution in [2.24, 2.45) is 0 Å². The Morgan fingerprint density at radius 3 is 1.65 bits per heavy atom. The molecule has 0 fully saturated rings. The summed E-state index contributed by atoms with van der Waals surface area (Å²) in [6.07, 6.45) is 0. The summed E-state index contributed by atoms with van der Waals surface area (Å²) >= 11 is 0. The van der Waals surface area contributed by atoms with Gasteiger partial charge in [0.25, 0.3) is 0 Å². The first kappa shape index (κ1) is 35.7. The summed E-state index contributed by atoms with van der Waals surface area (Å²) < 4.78 is 6.67. The summed E-state index contributed by atoms with van der Waals surface area (Å²) in [6.45, 7) is 0. The van der Waals surface area contributed by atoms with Gasteiger partial charge in [-0.05, 0) is 114 Å². The van der Waals surface area contributed by atoms with Crippen molar-refractivity contribution >= 4 is 71.3 Å². The second kappa shape index (κ2) is 14.8. The fraction of sp³-hybridized carbons (Fsp3) is 0. The average molecular weight is 790 g/mol. The second-order valence-corrected chi connectivity index (χ2v) is 16.0. The lowest BCUT2D eigenvalue weighted by atomic mass is 9.84. The molecule has 0 bridgehead atoms. The maximum atomic E-state index is 6.67. The molecule has 0 saturated heterocycles. The largest absolute Gasteiger partial charge is 0.455 e. The van der Waals surface area contributed by atoms with Gasteiger partial charge in [-0.15, -0.1) is 0 Å². The number of furan rings is 1. The van der Waals surface area contributed by atoms with Crippen LogP contribution < -0.4 is 4.90 Å². The first-order valence-electron chi connectivity index (χ1n) is 21.3. The van der Waals surface area contributed by atoms with Crippen molar-refractivity contribution in [2.75, 3.05) is 4.90 Å². The van der Waals surface area contributed by atoms with E-state index in [2.05, 4.69) is 241 Å². The maximum Gasteiger partial charge on any atom is 0.143 e. The van der Waals surface area contributed by atoms with Gasteiger partial charge in [0.05, 0.1) is 5.69 Å². The Hall–Kier alpha value is -8.20. The van der Waals surface area contributed by atoms with Gasteiger partial charge in [-0.3, -0.25) is 0 Å². The summed E-state index contributed by atoms with van der Waals surface area (Å²) in [5, 5.41) is 9.51. The molecule has 0 aliphatic rings. The predicted molar refractivity (Wildman–Crippen MR) is 263 cm³/mol. The summed E-state index contributed by atoms with van der Waals surface area (Å²) in [6, 6.07) is 85.4. The van der Waals surface area contributed by atoms with Crippen LogP contribution in [0.3, 0.4) is 0 Å². The van der Waals surface area contributed by atoms with Crippen LogP contribution in [0.2, 0.25) is 0 Å². The highest BCUT2D eigenvalue weighted by atomic mass is 16.3. The molecule has 1 heterocycles. The molecule has 0 radical (unpaired) electrons. The lowest BCUT2D eigenvalue weighted by molar-refractivity contribution is 0.673. The van der Waals surface area contributed by atoms with Crippen molar-refractivity contribution in [2.45, 2.75) is 0 Å². The molecule has 0 aliphatic carbocycles. The van der Waals surface area contributed by atoms with Crippen molar-refractivity contribution in [3.05, 3.63) is 237 Å². The first-order chi connectivity index (χ1) is 30.8. The SMILES string of the molecule is c1ccc(-c2c(-c3ccccc3)c3cc(-c4cccc(N(c5ccccc5)c5ccccc5-c5cccc6oc7c8ccccc8ccc7c56)c4)ccc3c3ccccc23)cc1. The van der Waals surface area contributed by atoms with Crippen LogP contribution >= 0.6 is 0 Å². The molecule has 2 heteroatoms. The first-order valence-corrected chi connectivity index (χ1v) is 21.3. The molecule has 0 unspecified atom stereocenters. The number of anilines is 3. The summed E-state index contributed by atoms with van der Waals surface area (Å²) in [4.78, 5) is 2.40. The quantitative estimate of drug-likeness (QED) is 0.150. The molecular weight excluding hydrogens is 751 g/mol. The number of fused-ring (bicyclic) bond motifs is 8. The van der Waals surface area contributed by atoms with Crippen LogP contribution in [0.25, 0.3) is 98.8 Å². The lowest BCUT2D eigenvalue weighted by Gasteiger charge is -2.28. The van der Waals surface area contributed by atoms with Gasteiger partial charge in [0.15, 0.2) is 0 Å². The van der Waals surface area contributed by atoms with Gasteiger partial charge in [0.1, 0.15) is 11.2 Å². The van der Waals surface area contributed by atoms with Crippen molar-refractivity contribution in [1.29, 1.82) is 0 Å². The van der Waals surface area contributed by atoms with Crippen LogP contribution in [-0.4, -0.2) is 0 Å². The number of nitrogens with zero attached hydrogens (tertiary/aromatic N) is 1. The van der Waals surface area contributed by atoms with E-state index in [1.807, 2.05) is 0 Å². The van der Waals surface area contributed by atoms with Crippen molar-refractivity contribution in [3.8, 4) is 44.5 Å². The van der Waals surface area contributed by atoms with Crippen LogP contribution in [-0.2, 0) is 0 Å². The zero-order valence-corrected chi connectivity index (χ0v) is 33.9. The number of benzene rings is 11. The monoisotopic (exact) mass is 789 g/mol. The third-order valence-electron chi connectivity index (χ3n) is 12.4. The molecule has 290 valence electrons. The highest BCUT2D eigenvalue weighted by Crippen LogP contribution is 2.48. The van der Waals surface area contributed by atoms with E-state index in [0.717, 1.165) is 66.6 Å². The molecule has 1 aromatic heterocycles. The van der Waals surface area contributed by atoms with E-state index in [0.29, 0.717) is 0 Å². The third-order valence-corrected chi connectivity index (χ3v) is 12.4. The fourth-order valence-corrected chi connectivity index (χ4v) is 9.68. The van der Waals surface area contributed by atoms with E-state index < -0.39 is 0 Å². The Bertz CT molecular complexity index is 3630. The summed E-state index contributed by atoms with van der Waals surface area (Å²) in [5.74, 6) is 0. The van der Waals surface area contributed by atoms with Crippen molar-refractivity contribution in [1.82, 2.24) is 0 Å². The average Bonchev–Trinajstić information content (AvgIpc) is 3.74. The molecule has 0 spiro atoms. The summed E-state index contributed by atoms with van der Waals surface area (Å²) in [5.41, 5.74) is 14.5. The number of hydrogen-bond acceptors (Lipinski definition) is 2. The molecule has 11 aromatic carbocycles. The minimum Gasteiger partial charge on any atom is -0.455 e. The van der Waals surface area contributed by atoms with Crippen molar-refractivity contribution in [3.63, 3.8) is 0 Å². The number of rotatable bonds is 7. The van der Waals surface area contributed by atoms with E-state index in [4.69, 9.17) is 4.42 Å². The molecule has 0 aliphatic heterocycles. The molecule has 62 heavy (non-hydrogen) atoms. The Kier molecular flexibility index (Phi) is 8.53. The minimum absolute atomic E-state index is 0.881. The van der Waals surface area contributed by atoms with E-state index in [1.54, 1.807) is 0 Å². The van der Waals surface area contributed by atoms with Gasteiger partial charge in [0, 0.05) is 33.1 Å². The van der Waals surface area contributed by atoms with Crippen LogP contribution in [0.4, 0.5) is 17.1 Å². The molecule has 0 N–H and O–H groups in total. The summed E-state index contributed by atoms with van der Waals surface area (Å²) in [7, 11) is 0. The van der Waals surface area contributed by atoms with Gasteiger partial charge in [-0.2, -0.15) is 0 Å². The van der Waals surface area contributed by atoms with E-state index in [9.17, 15) is 0 Å². The molecule has 0 amide bonds. The smallest absolute Gasteiger partial charge is 0.143 e. The van der Waals surface area contributed by atoms with Crippen LogP contribution in [0.15, 0.2) is 241 Å². The van der Waals surface area contributed by atoms with Crippen LogP contribution in [0, 0.1) is 0 Å². The van der Waals surface area contributed by atoms with Crippen LogP contribution in [0.5, 0.6) is 0 Å². The van der Waals surface area contributed by atoms with Gasteiger partial charge < -0.3 is 9.32 Å². The molecule has 12 aromatic rings. The molecular formula is C60H39NO. The van der Waals surface area contributed by atoms with E-state index in [-0.39, 0.29) is 0 Å². The number of para-hydroxylation sites is 2. The Morgan fingerprint density at radius 1 is 0.306 bits per heavy atom. The molecule has 12 rings (SSSR count). The predicted octanol–water partition coefficient (Wildman–Crippen LogP) is 17.2. The Morgan fingerprint density at radius 2 is 0.855 bits per heavy atom. The van der Waals surface area contributed by atoms with Gasteiger partial charge in [-0.25, -0.2) is 0 Å². The zero-order valence-electron chi connectivity index (χ0n) is 33.9. The maximum absolute atomic E-state index is 6.67. The Labute approximate surface area is 360 Å². The van der Waals surface area contributed by atoms with Gasteiger partial charge >= 0.3 is 0 Å². The van der Waals surface area contributed by atoms with E-state index in [1.165, 1.54) is 49.2 Å². The molecule has 2 nitrogen and oxygen atoms in total. The Balaban J connectivity index is 1.06. The lowest BCUT2D eigenvalue weighted by Crippen LogP contribution is -2.11. The van der Waals surface area contributed by atoms with Crippen molar-refractivity contribution < 1.29 is 4.42 Å².